The highest BCUT2D eigenvalue weighted by Gasteiger charge is 2.28. The monoisotopic (exact) mass is 212 g/mol. The molecule has 0 saturated heterocycles. The van der Waals surface area contributed by atoms with Gasteiger partial charge in [0.15, 0.2) is 11.0 Å². The van der Waals surface area contributed by atoms with E-state index in [0.717, 1.165) is 5.92 Å². The van der Waals surface area contributed by atoms with Gasteiger partial charge in [-0.05, 0) is 25.7 Å². The van der Waals surface area contributed by atoms with E-state index in [-0.39, 0.29) is 0 Å². The Balaban J connectivity index is 2.11. The van der Waals surface area contributed by atoms with Crippen LogP contribution < -0.4 is 11.1 Å². The molecule has 3 N–H and O–H groups in total. The van der Waals surface area contributed by atoms with Gasteiger partial charge in [-0.3, -0.25) is 0 Å². The lowest BCUT2D eigenvalue weighted by Crippen LogP contribution is -2.19. The van der Waals surface area contributed by atoms with Crippen LogP contribution in [0.25, 0.3) is 0 Å². The number of aromatic nitrogens is 2. The Morgan fingerprint density at radius 3 is 2.93 bits per heavy atom. The maximum atomic E-state index is 5.78. The predicted molar refractivity (Wildman–Crippen MR) is 57.3 cm³/mol. The van der Waals surface area contributed by atoms with Crippen LogP contribution in [0.15, 0.2) is 6.33 Å². The van der Waals surface area contributed by atoms with E-state index in [2.05, 4.69) is 22.2 Å². The van der Waals surface area contributed by atoms with Crippen molar-refractivity contribution >= 4 is 23.1 Å². The number of hydrogen-bond acceptors (Lipinski definition) is 4. The van der Waals surface area contributed by atoms with Gasteiger partial charge in [-0.15, -0.1) is 0 Å². The first-order valence-electron chi connectivity index (χ1n) is 4.71. The average molecular weight is 213 g/mol. The van der Waals surface area contributed by atoms with Crippen LogP contribution in [-0.2, 0) is 0 Å². The Kier molecular flexibility index (Phi) is 2.46. The molecule has 1 aliphatic carbocycles. The Morgan fingerprint density at radius 1 is 1.57 bits per heavy atom. The Hall–Kier alpha value is -1.03. The normalized spacial score (nSPS) is 17.9. The van der Waals surface area contributed by atoms with Gasteiger partial charge in [-0.1, -0.05) is 11.6 Å². The zero-order valence-corrected chi connectivity index (χ0v) is 8.75. The van der Waals surface area contributed by atoms with E-state index < -0.39 is 0 Å². The molecular formula is C9H13ClN4. The minimum Gasteiger partial charge on any atom is -0.393 e. The van der Waals surface area contributed by atoms with Gasteiger partial charge in [0, 0.05) is 6.04 Å². The summed E-state index contributed by atoms with van der Waals surface area (Å²) in [6.07, 6.45) is 3.99. The summed E-state index contributed by atoms with van der Waals surface area (Å²) in [4.78, 5) is 7.85. The molecule has 4 nitrogen and oxygen atoms in total. The van der Waals surface area contributed by atoms with Crippen LogP contribution in [0.2, 0.25) is 5.15 Å². The lowest BCUT2D eigenvalue weighted by Gasteiger charge is -2.14. The van der Waals surface area contributed by atoms with E-state index in [1.54, 1.807) is 0 Å². The second kappa shape index (κ2) is 3.61. The largest absolute Gasteiger partial charge is 0.393 e. The van der Waals surface area contributed by atoms with Crippen LogP contribution in [-0.4, -0.2) is 16.0 Å². The molecule has 2 rings (SSSR count). The minimum atomic E-state index is 0.311. The highest BCUT2D eigenvalue weighted by Crippen LogP contribution is 2.34. The summed E-state index contributed by atoms with van der Waals surface area (Å²) in [5, 5.41) is 3.56. The van der Waals surface area contributed by atoms with Crippen molar-refractivity contribution in [1.29, 1.82) is 0 Å². The molecule has 0 bridgehead atoms. The highest BCUT2D eigenvalue weighted by molar-refractivity contribution is 6.32. The van der Waals surface area contributed by atoms with Crippen LogP contribution in [0.1, 0.15) is 19.8 Å². The van der Waals surface area contributed by atoms with Crippen molar-refractivity contribution in [2.45, 2.75) is 25.8 Å². The summed E-state index contributed by atoms with van der Waals surface area (Å²) in [5.41, 5.74) is 6.16. The molecule has 0 spiro atoms. The van der Waals surface area contributed by atoms with Gasteiger partial charge in [-0.25, -0.2) is 9.97 Å². The smallest absolute Gasteiger partial charge is 0.157 e. The number of hydrogen-bond donors (Lipinski definition) is 2. The zero-order chi connectivity index (χ0) is 10.1. The minimum absolute atomic E-state index is 0.311. The van der Waals surface area contributed by atoms with Crippen molar-refractivity contribution in [2.24, 2.45) is 5.92 Å². The number of nitrogen functional groups attached to an aromatic ring is 1. The fourth-order valence-corrected chi connectivity index (χ4v) is 1.55. The van der Waals surface area contributed by atoms with Gasteiger partial charge in [0.05, 0.1) is 0 Å². The van der Waals surface area contributed by atoms with Crippen molar-refractivity contribution in [1.82, 2.24) is 9.97 Å². The maximum Gasteiger partial charge on any atom is 0.157 e. The number of anilines is 2. The molecule has 14 heavy (non-hydrogen) atoms. The van der Waals surface area contributed by atoms with E-state index >= 15 is 0 Å². The summed E-state index contributed by atoms with van der Waals surface area (Å²) < 4.78 is 0. The van der Waals surface area contributed by atoms with Crippen LogP contribution in [0.4, 0.5) is 11.5 Å². The molecule has 1 heterocycles. The van der Waals surface area contributed by atoms with Crippen LogP contribution in [0.5, 0.6) is 0 Å². The molecule has 1 atom stereocenters. The topological polar surface area (TPSA) is 63.8 Å². The molecule has 1 aromatic heterocycles. The summed E-state index contributed by atoms with van der Waals surface area (Å²) >= 11 is 5.78. The molecule has 0 aliphatic heterocycles. The number of nitrogens with two attached hydrogens (primary N) is 1. The third kappa shape index (κ3) is 1.90. The molecule has 0 radical (unpaired) electrons. The molecular weight excluding hydrogens is 200 g/mol. The molecule has 1 aliphatic rings. The zero-order valence-electron chi connectivity index (χ0n) is 8.00. The van der Waals surface area contributed by atoms with Gasteiger partial charge in [-0.2, -0.15) is 0 Å². The van der Waals surface area contributed by atoms with E-state index in [1.165, 1.54) is 19.2 Å². The highest BCUT2D eigenvalue weighted by atomic mass is 35.5. The fraction of sp³-hybridized carbons (Fsp3) is 0.556. The molecule has 0 aromatic carbocycles. The predicted octanol–water partition coefficient (Wildman–Crippen LogP) is 1.92. The molecule has 1 fully saturated rings. The third-order valence-electron chi connectivity index (χ3n) is 2.53. The van der Waals surface area contributed by atoms with E-state index in [4.69, 9.17) is 17.3 Å². The number of nitrogens with zero attached hydrogens (tertiary/aromatic N) is 2. The molecule has 5 heteroatoms. The Morgan fingerprint density at radius 2 is 2.29 bits per heavy atom. The van der Waals surface area contributed by atoms with Crippen molar-refractivity contribution < 1.29 is 0 Å². The SMILES string of the molecule is CC(Nc1ncnc(Cl)c1N)C1CC1. The first-order chi connectivity index (χ1) is 6.68. The van der Waals surface area contributed by atoms with E-state index in [9.17, 15) is 0 Å². The fourth-order valence-electron chi connectivity index (χ4n) is 1.42. The Labute approximate surface area is 87.9 Å². The van der Waals surface area contributed by atoms with Gasteiger partial charge < -0.3 is 11.1 Å². The van der Waals surface area contributed by atoms with Crippen molar-refractivity contribution in [3.63, 3.8) is 0 Å². The molecule has 1 aromatic rings. The van der Waals surface area contributed by atoms with Crippen molar-refractivity contribution in [3.8, 4) is 0 Å². The van der Waals surface area contributed by atoms with Crippen molar-refractivity contribution in [2.75, 3.05) is 11.1 Å². The standard InChI is InChI=1S/C9H13ClN4/c1-5(6-2-3-6)14-9-7(11)8(10)12-4-13-9/h4-6H,2-3,11H2,1H3,(H,12,13,14). The number of nitrogens with one attached hydrogen (secondary N) is 1. The van der Waals surface area contributed by atoms with Gasteiger partial charge >= 0.3 is 0 Å². The van der Waals surface area contributed by atoms with Crippen molar-refractivity contribution in [3.05, 3.63) is 11.5 Å². The lowest BCUT2D eigenvalue weighted by molar-refractivity contribution is 0.690. The molecule has 1 saturated carbocycles. The number of rotatable bonds is 3. The summed E-state index contributed by atoms with van der Waals surface area (Å²) in [7, 11) is 0. The van der Waals surface area contributed by atoms with Gasteiger partial charge in [0.25, 0.3) is 0 Å². The number of halogens is 1. The summed E-state index contributed by atoms with van der Waals surface area (Å²) in [6, 6.07) is 0.406. The maximum absolute atomic E-state index is 5.78. The summed E-state index contributed by atoms with van der Waals surface area (Å²) in [5.74, 6) is 1.40. The van der Waals surface area contributed by atoms with Crippen LogP contribution in [0.3, 0.4) is 0 Å². The lowest BCUT2D eigenvalue weighted by atomic mass is 10.2. The van der Waals surface area contributed by atoms with Crippen LogP contribution >= 0.6 is 11.6 Å². The quantitative estimate of drug-likeness (QED) is 0.752. The Bertz CT molecular complexity index is 338. The third-order valence-corrected chi connectivity index (χ3v) is 2.83. The van der Waals surface area contributed by atoms with E-state index in [1.807, 2.05) is 0 Å². The second-order valence-corrected chi connectivity index (χ2v) is 4.06. The first-order valence-corrected chi connectivity index (χ1v) is 5.09. The van der Waals surface area contributed by atoms with Crippen LogP contribution in [0, 0.1) is 5.92 Å². The van der Waals surface area contributed by atoms with Gasteiger partial charge in [0.2, 0.25) is 0 Å². The molecule has 1 unspecified atom stereocenters. The average Bonchev–Trinajstić information content (AvgIpc) is 2.95. The molecule has 0 amide bonds. The van der Waals surface area contributed by atoms with E-state index in [0.29, 0.717) is 22.7 Å². The first kappa shape index (κ1) is 9.52. The second-order valence-electron chi connectivity index (χ2n) is 3.70. The van der Waals surface area contributed by atoms with Gasteiger partial charge in [0.1, 0.15) is 12.0 Å². The summed E-state index contributed by atoms with van der Waals surface area (Å²) in [6.45, 7) is 2.13. The molecule has 76 valence electrons.